The Labute approximate surface area is 110 Å². The molecule has 1 N–H and O–H groups in total. The predicted molar refractivity (Wildman–Crippen MR) is 61.7 cm³/mol. The lowest BCUT2D eigenvalue weighted by molar-refractivity contribution is -0.394. The third-order valence-electron chi connectivity index (χ3n) is 2.20. The number of anilines is 1. The van der Waals surface area contributed by atoms with Crippen LogP contribution in [0.25, 0.3) is 0 Å². The van der Waals surface area contributed by atoms with Crippen LogP contribution in [0.15, 0.2) is 24.5 Å². The molecule has 2 rings (SSSR count). The normalized spacial score (nSPS) is 10.3. The van der Waals surface area contributed by atoms with Gasteiger partial charge in [-0.05, 0) is 17.1 Å². The van der Waals surface area contributed by atoms with Gasteiger partial charge in [0.15, 0.2) is 11.6 Å². The number of benzene rings is 1. The number of rotatable bonds is 4. The Morgan fingerprint density at radius 1 is 1.40 bits per heavy atom. The van der Waals surface area contributed by atoms with Crippen molar-refractivity contribution in [3.63, 3.8) is 0 Å². The van der Waals surface area contributed by atoms with Gasteiger partial charge in [0.05, 0.1) is 0 Å². The zero-order valence-electron chi connectivity index (χ0n) is 9.79. The summed E-state index contributed by atoms with van der Waals surface area (Å²) in [6, 6.07) is 2.86. The van der Waals surface area contributed by atoms with Gasteiger partial charge in [0, 0.05) is 16.9 Å². The fourth-order valence-electron chi connectivity index (χ4n) is 1.37. The zero-order valence-corrected chi connectivity index (χ0v) is 9.79. The molecular formula is C10H7F2N5O3. The molecule has 10 heteroatoms. The van der Waals surface area contributed by atoms with Gasteiger partial charge in [0.25, 0.3) is 0 Å². The van der Waals surface area contributed by atoms with Crippen molar-refractivity contribution in [2.75, 3.05) is 5.32 Å². The molecule has 1 amide bonds. The van der Waals surface area contributed by atoms with Crippen LogP contribution in [0, 0.1) is 21.7 Å². The Morgan fingerprint density at radius 2 is 2.15 bits per heavy atom. The summed E-state index contributed by atoms with van der Waals surface area (Å²) in [4.78, 5) is 24.5. The molecule has 1 aromatic heterocycles. The lowest BCUT2D eigenvalue weighted by Crippen LogP contribution is -2.19. The van der Waals surface area contributed by atoms with Gasteiger partial charge < -0.3 is 15.4 Å². The van der Waals surface area contributed by atoms with Gasteiger partial charge in [-0.15, -0.1) is 0 Å². The molecule has 0 radical (unpaired) electrons. The molecule has 1 aromatic carbocycles. The van der Waals surface area contributed by atoms with E-state index in [1.54, 1.807) is 0 Å². The maximum Gasteiger partial charge on any atom is 0.490 e. The summed E-state index contributed by atoms with van der Waals surface area (Å²) in [7, 11) is 0. The molecule has 20 heavy (non-hydrogen) atoms. The first-order chi connectivity index (χ1) is 9.45. The Balaban J connectivity index is 2.01. The summed E-state index contributed by atoms with van der Waals surface area (Å²) in [6.07, 6.45) is 1.02. The summed E-state index contributed by atoms with van der Waals surface area (Å²) in [6.45, 7) is -0.347. The van der Waals surface area contributed by atoms with Crippen LogP contribution in [-0.2, 0) is 11.3 Å². The summed E-state index contributed by atoms with van der Waals surface area (Å²) in [5.41, 5.74) is 0.0588. The summed E-state index contributed by atoms with van der Waals surface area (Å²) in [5.74, 6) is -3.38. The quantitative estimate of drug-likeness (QED) is 0.668. The van der Waals surface area contributed by atoms with Crippen molar-refractivity contribution in [3.8, 4) is 0 Å². The Bertz CT molecular complexity index is 673. The van der Waals surface area contributed by atoms with E-state index in [9.17, 15) is 23.7 Å². The zero-order chi connectivity index (χ0) is 14.7. The molecule has 0 unspecified atom stereocenters. The van der Waals surface area contributed by atoms with Crippen LogP contribution in [0.3, 0.4) is 0 Å². The van der Waals surface area contributed by atoms with E-state index in [1.807, 2.05) is 0 Å². The first kappa shape index (κ1) is 13.5. The van der Waals surface area contributed by atoms with E-state index >= 15 is 0 Å². The smallest absolute Gasteiger partial charge is 0.390 e. The Kier molecular flexibility index (Phi) is 3.64. The van der Waals surface area contributed by atoms with E-state index in [2.05, 4.69) is 15.4 Å². The number of carbonyl (C=O) groups is 1. The second-order valence-corrected chi connectivity index (χ2v) is 3.68. The van der Waals surface area contributed by atoms with Crippen LogP contribution in [-0.4, -0.2) is 25.6 Å². The molecule has 0 saturated heterocycles. The third-order valence-corrected chi connectivity index (χ3v) is 2.20. The van der Waals surface area contributed by atoms with Crippen LogP contribution in [0.2, 0.25) is 0 Å². The van der Waals surface area contributed by atoms with Crippen LogP contribution in [0.5, 0.6) is 0 Å². The van der Waals surface area contributed by atoms with Gasteiger partial charge in [0.1, 0.15) is 6.54 Å². The molecule has 104 valence electrons. The fourth-order valence-corrected chi connectivity index (χ4v) is 1.37. The van der Waals surface area contributed by atoms with Crippen LogP contribution in [0.1, 0.15) is 0 Å². The molecule has 0 atom stereocenters. The van der Waals surface area contributed by atoms with Crippen molar-refractivity contribution in [2.24, 2.45) is 0 Å². The van der Waals surface area contributed by atoms with E-state index in [0.717, 1.165) is 23.1 Å². The van der Waals surface area contributed by atoms with Gasteiger partial charge in [-0.2, -0.15) is 4.68 Å². The van der Waals surface area contributed by atoms with Crippen LogP contribution >= 0.6 is 0 Å². The second kappa shape index (κ2) is 5.38. The largest absolute Gasteiger partial charge is 0.490 e. The molecule has 0 bridgehead atoms. The first-order valence-corrected chi connectivity index (χ1v) is 5.24. The molecule has 0 spiro atoms. The van der Waals surface area contributed by atoms with Crippen molar-refractivity contribution in [1.29, 1.82) is 0 Å². The van der Waals surface area contributed by atoms with Crippen molar-refractivity contribution >= 4 is 17.5 Å². The summed E-state index contributed by atoms with van der Waals surface area (Å²) in [5, 5.41) is 16.1. The molecule has 2 aromatic rings. The van der Waals surface area contributed by atoms with Gasteiger partial charge >= 0.3 is 5.95 Å². The number of hydrogen-bond donors (Lipinski definition) is 1. The molecule has 0 fully saturated rings. The van der Waals surface area contributed by atoms with Crippen molar-refractivity contribution in [1.82, 2.24) is 14.8 Å². The first-order valence-electron chi connectivity index (χ1n) is 5.24. The van der Waals surface area contributed by atoms with Crippen LogP contribution in [0.4, 0.5) is 20.4 Å². The lowest BCUT2D eigenvalue weighted by atomic mass is 10.3. The fraction of sp³-hybridized carbons (Fsp3) is 0.100. The monoisotopic (exact) mass is 283 g/mol. The number of nitrogens with zero attached hydrogens (tertiary/aromatic N) is 4. The molecule has 1 heterocycles. The van der Waals surface area contributed by atoms with Crippen LogP contribution < -0.4 is 5.32 Å². The van der Waals surface area contributed by atoms with E-state index in [1.165, 1.54) is 6.07 Å². The molecule has 0 aliphatic heterocycles. The molecule has 0 aliphatic carbocycles. The lowest BCUT2D eigenvalue weighted by Gasteiger charge is -2.04. The highest BCUT2D eigenvalue weighted by atomic mass is 19.2. The van der Waals surface area contributed by atoms with Gasteiger partial charge in [0.2, 0.25) is 12.2 Å². The van der Waals surface area contributed by atoms with Gasteiger partial charge in [-0.1, -0.05) is 4.98 Å². The maximum atomic E-state index is 12.9. The minimum atomic E-state index is -1.10. The van der Waals surface area contributed by atoms with Crippen molar-refractivity contribution < 1.29 is 18.5 Å². The van der Waals surface area contributed by atoms with E-state index < -0.39 is 28.4 Å². The van der Waals surface area contributed by atoms with E-state index in [0.29, 0.717) is 0 Å². The molecule has 0 aliphatic rings. The second-order valence-electron chi connectivity index (χ2n) is 3.68. The highest BCUT2D eigenvalue weighted by Crippen LogP contribution is 2.13. The topological polar surface area (TPSA) is 103 Å². The molecular weight excluding hydrogens is 276 g/mol. The Hall–Kier alpha value is -2.91. The predicted octanol–water partition coefficient (Wildman–Crippen LogP) is 1.10. The number of nitro groups is 1. The Morgan fingerprint density at radius 3 is 2.75 bits per heavy atom. The SMILES string of the molecule is O=C(Cn1cnc([N+](=O)[O-])n1)Nc1ccc(F)c(F)c1. The average Bonchev–Trinajstić information content (AvgIpc) is 2.82. The van der Waals surface area contributed by atoms with Gasteiger partial charge in [-0.3, -0.25) is 4.79 Å². The summed E-state index contributed by atoms with van der Waals surface area (Å²) < 4.78 is 26.6. The third kappa shape index (κ3) is 3.10. The number of halogens is 2. The average molecular weight is 283 g/mol. The number of carbonyl (C=O) groups excluding carboxylic acids is 1. The number of hydrogen-bond acceptors (Lipinski definition) is 5. The van der Waals surface area contributed by atoms with Crippen molar-refractivity contribution in [2.45, 2.75) is 6.54 Å². The highest BCUT2D eigenvalue weighted by molar-refractivity contribution is 5.90. The number of amides is 1. The minimum absolute atomic E-state index is 0.0588. The number of nitrogens with one attached hydrogen (secondary N) is 1. The van der Waals surface area contributed by atoms with Gasteiger partial charge in [-0.25, -0.2) is 8.78 Å². The minimum Gasteiger partial charge on any atom is -0.390 e. The maximum absolute atomic E-state index is 12.9. The molecule has 8 nitrogen and oxygen atoms in total. The highest BCUT2D eigenvalue weighted by Gasteiger charge is 2.15. The number of aromatic nitrogens is 3. The van der Waals surface area contributed by atoms with E-state index in [-0.39, 0.29) is 12.2 Å². The molecule has 0 saturated carbocycles. The standard InChI is InChI=1S/C10H7F2N5O3/c11-7-2-1-6(3-8(7)12)14-9(18)4-16-5-13-10(15-16)17(19)20/h1-3,5H,4H2,(H,14,18). The van der Waals surface area contributed by atoms with E-state index in [4.69, 9.17) is 0 Å². The summed E-state index contributed by atoms with van der Waals surface area (Å²) >= 11 is 0. The van der Waals surface area contributed by atoms with Crippen molar-refractivity contribution in [3.05, 3.63) is 46.3 Å².